The lowest BCUT2D eigenvalue weighted by Crippen LogP contribution is -2.17. The molecule has 2 N–H and O–H groups in total. The summed E-state index contributed by atoms with van der Waals surface area (Å²) in [6.07, 6.45) is -10.2. The number of hydrogen-bond acceptors (Lipinski definition) is 3. The second kappa shape index (κ2) is 8.08. The average Bonchev–Trinajstić information content (AvgIpc) is 2.87. The molecule has 0 aliphatic carbocycles. The molecule has 0 saturated carbocycles. The topological polar surface area (TPSA) is 67.4 Å². The van der Waals surface area contributed by atoms with Crippen LogP contribution in [0.3, 0.4) is 0 Å². The van der Waals surface area contributed by atoms with Gasteiger partial charge < -0.3 is 15.4 Å². The molecule has 0 atom stereocenters. The Balaban J connectivity index is 1.65. The molecule has 176 valence electrons. The lowest BCUT2D eigenvalue weighted by Gasteiger charge is -2.14. The van der Waals surface area contributed by atoms with Gasteiger partial charge in [0, 0.05) is 11.3 Å². The number of nitrogens with one attached hydrogen (secondary N) is 2. The van der Waals surface area contributed by atoms with Crippen molar-refractivity contribution >= 4 is 23.2 Å². The smallest absolute Gasteiger partial charge is 0.416 e. The summed E-state index contributed by atoms with van der Waals surface area (Å²) >= 11 is 0. The number of anilines is 2. The number of aryl methyl sites for hydroxylation is 1. The minimum Gasteiger partial charge on any atom is -0.454 e. The predicted octanol–water partition coefficient (Wildman–Crippen LogP) is 6.64. The Kier molecular flexibility index (Phi) is 5.50. The van der Waals surface area contributed by atoms with Gasteiger partial charge in [-0.3, -0.25) is 9.59 Å². The summed E-state index contributed by atoms with van der Waals surface area (Å²) in [5.74, 6) is -1.27. The number of halogens is 6. The molecule has 3 aromatic rings. The van der Waals surface area contributed by atoms with Crippen LogP contribution in [0.1, 0.15) is 37.4 Å². The van der Waals surface area contributed by atoms with Crippen molar-refractivity contribution in [3.63, 3.8) is 0 Å². The molecule has 1 aliphatic rings. The zero-order chi connectivity index (χ0) is 24.8. The van der Waals surface area contributed by atoms with Gasteiger partial charge in [0.05, 0.1) is 22.4 Å². The van der Waals surface area contributed by atoms with Crippen LogP contribution in [0.25, 0.3) is 0 Å². The number of fused-ring (bicyclic) bond motifs is 2. The maximum Gasteiger partial charge on any atom is 0.416 e. The highest BCUT2D eigenvalue weighted by Crippen LogP contribution is 2.38. The Labute approximate surface area is 188 Å². The number of carbonyl (C=O) groups is 2. The van der Waals surface area contributed by atoms with Gasteiger partial charge in [-0.15, -0.1) is 0 Å². The standard InChI is InChI=1S/C23H14F6N2O3/c1-11-2-4-19-17(6-11)31-21(33)16-10-15(3-5-18(16)34-19)30-20(32)12-7-13(22(24,25)26)9-14(8-12)23(27,28)29/h2-10H,1H3,(H,30,32)(H,31,33). The number of alkyl halides is 6. The van der Waals surface area contributed by atoms with E-state index in [1.54, 1.807) is 18.2 Å². The molecule has 1 aliphatic heterocycles. The maximum absolute atomic E-state index is 13.1. The molecule has 0 unspecified atom stereocenters. The van der Waals surface area contributed by atoms with Crippen LogP contribution in [-0.2, 0) is 12.4 Å². The minimum atomic E-state index is -5.09. The number of ether oxygens (including phenoxy) is 1. The average molecular weight is 480 g/mol. The van der Waals surface area contributed by atoms with Gasteiger partial charge in [0.2, 0.25) is 0 Å². The van der Waals surface area contributed by atoms with Crippen LogP contribution in [0.2, 0.25) is 0 Å². The normalized spacial score (nSPS) is 13.2. The van der Waals surface area contributed by atoms with E-state index in [1.165, 1.54) is 18.2 Å². The van der Waals surface area contributed by atoms with Gasteiger partial charge >= 0.3 is 12.4 Å². The Morgan fingerprint density at radius 3 is 2.09 bits per heavy atom. The van der Waals surface area contributed by atoms with Gasteiger partial charge in [0.15, 0.2) is 5.75 Å². The maximum atomic E-state index is 13.1. The number of amides is 2. The van der Waals surface area contributed by atoms with Gasteiger partial charge in [0.25, 0.3) is 11.8 Å². The van der Waals surface area contributed by atoms with E-state index in [-0.39, 0.29) is 23.1 Å². The van der Waals surface area contributed by atoms with E-state index >= 15 is 0 Å². The molecular weight excluding hydrogens is 466 g/mol. The number of carbonyl (C=O) groups excluding carboxylic acids is 2. The van der Waals surface area contributed by atoms with Crippen LogP contribution >= 0.6 is 0 Å². The summed E-state index contributed by atoms with van der Waals surface area (Å²) in [6.45, 7) is 1.82. The van der Waals surface area contributed by atoms with Crippen LogP contribution in [0.4, 0.5) is 37.7 Å². The summed E-state index contributed by atoms with van der Waals surface area (Å²) < 4.78 is 84.2. The molecule has 0 fully saturated rings. The third kappa shape index (κ3) is 4.68. The van der Waals surface area contributed by atoms with E-state index in [1.807, 2.05) is 6.92 Å². The molecule has 2 amide bonds. The lowest BCUT2D eigenvalue weighted by atomic mass is 10.0. The van der Waals surface area contributed by atoms with Crippen LogP contribution < -0.4 is 15.4 Å². The highest BCUT2D eigenvalue weighted by Gasteiger charge is 2.37. The van der Waals surface area contributed by atoms with E-state index in [0.29, 0.717) is 23.6 Å². The number of rotatable bonds is 2. The molecule has 3 aromatic carbocycles. The first-order valence-corrected chi connectivity index (χ1v) is 9.66. The molecule has 0 saturated heterocycles. The Morgan fingerprint density at radius 2 is 1.47 bits per heavy atom. The largest absolute Gasteiger partial charge is 0.454 e. The van der Waals surface area contributed by atoms with Gasteiger partial charge in [0.1, 0.15) is 5.75 Å². The molecule has 4 rings (SSSR count). The second-order valence-corrected chi connectivity index (χ2v) is 7.52. The van der Waals surface area contributed by atoms with Crippen molar-refractivity contribution in [2.24, 2.45) is 0 Å². The van der Waals surface area contributed by atoms with E-state index in [2.05, 4.69) is 10.6 Å². The molecule has 5 nitrogen and oxygen atoms in total. The first-order chi connectivity index (χ1) is 15.8. The van der Waals surface area contributed by atoms with Crippen LogP contribution in [0.15, 0.2) is 54.6 Å². The van der Waals surface area contributed by atoms with Crippen molar-refractivity contribution in [2.45, 2.75) is 19.3 Å². The highest BCUT2D eigenvalue weighted by molar-refractivity contribution is 6.10. The van der Waals surface area contributed by atoms with Crippen LogP contribution in [0, 0.1) is 6.92 Å². The minimum absolute atomic E-state index is 0.00618. The monoisotopic (exact) mass is 480 g/mol. The molecule has 11 heteroatoms. The molecular formula is C23H14F6N2O3. The van der Waals surface area contributed by atoms with Crippen molar-refractivity contribution in [2.75, 3.05) is 10.6 Å². The molecule has 0 aromatic heterocycles. The third-order valence-corrected chi connectivity index (χ3v) is 4.94. The van der Waals surface area contributed by atoms with Crippen molar-refractivity contribution < 1.29 is 40.7 Å². The Morgan fingerprint density at radius 1 is 0.853 bits per heavy atom. The molecule has 34 heavy (non-hydrogen) atoms. The fourth-order valence-electron chi connectivity index (χ4n) is 3.30. The number of benzene rings is 3. The third-order valence-electron chi connectivity index (χ3n) is 4.94. The Hall–Kier alpha value is -4.02. The van der Waals surface area contributed by atoms with Gasteiger partial charge in [-0.05, 0) is 61.0 Å². The van der Waals surface area contributed by atoms with Crippen LogP contribution in [-0.4, -0.2) is 11.8 Å². The summed E-state index contributed by atoms with van der Waals surface area (Å²) in [7, 11) is 0. The van der Waals surface area contributed by atoms with Crippen LogP contribution in [0.5, 0.6) is 11.5 Å². The van der Waals surface area contributed by atoms with Crippen molar-refractivity contribution in [3.8, 4) is 11.5 Å². The molecule has 0 radical (unpaired) electrons. The summed E-state index contributed by atoms with van der Waals surface area (Å²) in [5, 5.41) is 4.88. The van der Waals surface area contributed by atoms with Gasteiger partial charge in [-0.25, -0.2) is 0 Å². The molecule has 0 spiro atoms. The van der Waals surface area contributed by atoms with Gasteiger partial charge in [-0.1, -0.05) is 6.07 Å². The number of hydrogen-bond donors (Lipinski definition) is 2. The predicted molar refractivity (Wildman–Crippen MR) is 110 cm³/mol. The fraction of sp³-hybridized carbons (Fsp3) is 0.130. The highest BCUT2D eigenvalue weighted by atomic mass is 19.4. The van der Waals surface area contributed by atoms with Crippen molar-refractivity contribution in [1.29, 1.82) is 0 Å². The van der Waals surface area contributed by atoms with Crippen molar-refractivity contribution in [1.82, 2.24) is 0 Å². The first-order valence-electron chi connectivity index (χ1n) is 9.66. The zero-order valence-corrected chi connectivity index (χ0v) is 17.2. The van der Waals surface area contributed by atoms with E-state index in [4.69, 9.17) is 4.74 Å². The van der Waals surface area contributed by atoms with Crippen molar-refractivity contribution in [3.05, 3.63) is 82.4 Å². The lowest BCUT2D eigenvalue weighted by molar-refractivity contribution is -0.143. The summed E-state index contributed by atoms with van der Waals surface area (Å²) in [5.41, 5.74) is -2.83. The van der Waals surface area contributed by atoms with E-state index in [9.17, 15) is 35.9 Å². The summed E-state index contributed by atoms with van der Waals surface area (Å²) in [4.78, 5) is 25.2. The quantitative estimate of drug-likeness (QED) is 0.404. The SMILES string of the molecule is Cc1ccc2c(c1)NC(=O)c1cc(NC(=O)c3cc(C(F)(F)F)cc(C(F)(F)F)c3)ccc1O2. The zero-order valence-electron chi connectivity index (χ0n) is 17.2. The summed E-state index contributed by atoms with van der Waals surface area (Å²) in [6, 6.07) is 9.56. The second-order valence-electron chi connectivity index (χ2n) is 7.52. The molecule has 0 bridgehead atoms. The van der Waals surface area contributed by atoms with E-state index in [0.717, 1.165) is 5.56 Å². The fourth-order valence-corrected chi connectivity index (χ4v) is 3.30. The van der Waals surface area contributed by atoms with E-state index < -0.39 is 40.9 Å². The first kappa shape index (κ1) is 23.1. The Bertz CT molecular complexity index is 1280. The molecule has 1 heterocycles. The van der Waals surface area contributed by atoms with Gasteiger partial charge in [-0.2, -0.15) is 26.3 Å².